The van der Waals surface area contributed by atoms with Gasteiger partial charge in [-0.2, -0.15) is 5.10 Å². The van der Waals surface area contributed by atoms with Gasteiger partial charge in [-0.25, -0.2) is 0 Å². The van der Waals surface area contributed by atoms with E-state index in [1.165, 1.54) is 0 Å². The summed E-state index contributed by atoms with van der Waals surface area (Å²) in [4.78, 5) is 0. The lowest BCUT2D eigenvalue weighted by atomic mass is 10.3. The van der Waals surface area contributed by atoms with Crippen LogP contribution in [0.4, 0.5) is 5.82 Å². The Bertz CT molecular complexity index is 434. The molecule has 0 bridgehead atoms. The third-order valence-corrected chi connectivity index (χ3v) is 3.82. The average Bonchev–Trinajstić information content (AvgIpc) is 2.63. The lowest BCUT2D eigenvalue weighted by molar-refractivity contribution is 0.435. The van der Waals surface area contributed by atoms with Crippen molar-refractivity contribution in [1.82, 2.24) is 14.9 Å². The molecule has 2 aromatic rings. The Labute approximate surface area is 102 Å². The van der Waals surface area contributed by atoms with E-state index < -0.39 is 0 Å². The van der Waals surface area contributed by atoms with Crippen LogP contribution < -0.4 is 5.73 Å². The van der Waals surface area contributed by atoms with Gasteiger partial charge in [-0.15, -0.1) is 0 Å². The van der Waals surface area contributed by atoms with Crippen molar-refractivity contribution >= 4 is 44.3 Å². The molecule has 5 nitrogen and oxygen atoms in total. The number of nitrogens with zero attached hydrogens (tertiary/aromatic N) is 3. The Balaban J connectivity index is 2.60. The number of hydrogen-bond acceptors (Lipinski definition) is 4. The van der Waals surface area contributed by atoms with Gasteiger partial charge in [0, 0.05) is 7.05 Å². The van der Waals surface area contributed by atoms with Crippen molar-refractivity contribution in [3.63, 3.8) is 0 Å². The molecule has 7 heteroatoms. The normalized spacial score (nSPS) is 10.8. The molecule has 0 aliphatic carbocycles. The molecule has 0 aromatic carbocycles. The van der Waals surface area contributed by atoms with Crippen molar-refractivity contribution in [3.8, 4) is 11.3 Å². The number of nitrogens with two attached hydrogens (primary N) is 1. The van der Waals surface area contributed by atoms with Crippen molar-refractivity contribution in [2.75, 3.05) is 5.73 Å². The van der Waals surface area contributed by atoms with Crippen LogP contribution in [0, 0.1) is 3.70 Å². The van der Waals surface area contributed by atoms with Crippen molar-refractivity contribution in [3.05, 3.63) is 14.4 Å². The van der Waals surface area contributed by atoms with Crippen LogP contribution >= 0.6 is 38.5 Å². The topological polar surface area (TPSA) is 69.9 Å². The molecule has 0 fully saturated rings. The molecule has 0 saturated carbocycles. The smallest absolute Gasteiger partial charge is 0.187 e. The molecule has 0 aliphatic rings. The van der Waals surface area contributed by atoms with Crippen molar-refractivity contribution in [2.24, 2.45) is 7.05 Å². The molecule has 0 atom stereocenters. The Morgan fingerprint density at radius 3 is 2.79 bits per heavy atom. The fourth-order valence-corrected chi connectivity index (χ4v) is 1.90. The molecule has 0 spiro atoms. The van der Waals surface area contributed by atoms with Crippen LogP contribution in [0.2, 0.25) is 0 Å². The maximum atomic E-state index is 5.55. The Morgan fingerprint density at radius 2 is 2.36 bits per heavy atom. The third-order valence-electron chi connectivity index (χ3n) is 1.77. The fourth-order valence-electron chi connectivity index (χ4n) is 1.03. The number of anilines is 1. The van der Waals surface area contributed by atoms with Gasteiger partial charge in [0.2, 0.25) is 0 Å². The number of hydrogen-bond donors (Lipinski definition) is 1. The molecule has 14 heavy (non-hydrogen) atoms. The molecule has 74 valence electrons. The van der Waals surface area contributed by atoms with E-state index in [9.17, 15) is 0 Å². The molecular weight excluding hydrogens is 363 g/mol. The average molecular weight is 369 g/mol. The van der Waals surface area contributed by atoms with Crippen LogP contribution in [0.15, 0.2) is 15.2 Å². The number of aryl methyl sites for hydroxylation is 1. The second kappa shape index (κ2) is 3.54. The van der Waals surface area contributed by atoms with E-state index >= 15 is 0 Å². The van der Waals surface area contributed by atoms with Crippen LogP contribution in [0.25, 0.3) is 11.3 Å². The summed E-state index contributed by atoms with van der Waals surface area (Å²) in [6.45, 7) is 0. The summed E-state index contributed by atoms with van der Waals surface area (Å²) in [5.41, 5.74) is 6.43. The van der Waals surface area contributed by atoms with Crippen molar-refractivity contribution < 1.29 is 4.52 Å². The SMILES string of the molecule is Cn1ncc(-c2onc(N)c2Br)c1I. The Morgan fingerprint density at radius 1 is 1.64 bits per heavy atom. The van der Waals surface area contributed by atoms with Crippen LogP contribution in [0.5, 0.6) is 0 Å². The van der Waals surface area contributed by atoms with Gasteiger partial charge >= 0.3 is 0 Å². The van der Waals surface area contributed by atoms with Crippen molar-refractivity contribution in [1.29, 1.82) is 0 Å². The summed E-state index contributed by atoms with van der Waals surface area (Å²) in [6, 6.07) is 0. The number of nitrogen functional groups attached to an aromatic ring is 1. The van der Waals surface area contributed by atoms with Crippen LogP contribution in [0.1, 0.15) is 0 Å². The van der Waals surface area contributed by atoms with E-state index in [2.05, 4.69) is 48.8 Å². The second-order valence-electron chi connectivity index (χ2n) is 2.68. The van der Waals surface area contributed by atoms with Gasteiger partial charge in [-0.05, 0) is 38.5 Å². The first-order valence-corrected chi connectivity index (χ1v) is 5.57. The van der Waals surface area contributed by atoms with E-state index in [0.717, 1.165) is 9.26 Å². The van der Waals surface area contributed by atoms with E-state index in [4.69, 9.17) is 10.3 Å². The highest BCUT2D eigenvalue weighted by atomic mass is 127. The summed E-state index contributed by atoms with van der Waals surface area (Å²) in [5.74, 6) is 0.958. The first-order valence-electron chi connectivity index (χ1n) is 3.69. The van der Waals surface area contributed by atoms with Crippen molar-refractivity contribution in [2.45, 2.75) is 0 Å². The number of halogens is 2. The quantitative estimate of drug-likeness (QED) is 0.782. The highest BCUT2D eigenvalue weighted by Gasteiger charge is 2.18. The third kappa shape index (κ3) is 1.44. The molecule has 0 saturated heterocycles. The molecule has 0 aliphatic heterocycles. The zero-order valence-corrected chi connectivity index (χ0v) is 10.9. The lowest BCUT2D eigenvalue weighted by Gasteiger charge is -1.94. The highest BCUT2D eigenvalue weighted by molar-refractivity contribution is 14.1. The molecule has 2 heterocycles. The Hall–Kier alpha value is -0.570. The summed E-state index contributed by atoms with van der Waals surface area (Å²) in [5, 5.41) is 7.76. The zero-order valence-electron chi connectivity index (χ0n) is 7.16. The monoisotopic (exact) mass is 368 g/mol. The lowest BCUT2D eigenvalue weighted by Crippen LogP contribution is -1.92. The van der Waals surface area contributed by atoms with E-state index in [1.807, 2.05) is 7.05 Å². The summed E-state index contributed by atoms with van der Waals surface area (Å²) in [6.07, 6.45) is 1.71. The summed E-state index contributed by atoms with van der Waals surface area (Å²) >= 11 is 5.49. The number of rotatable bonds is 1. The molecule has 2 aromatic heterocycles. The van der Waals surface area contributed by atoms with Crippen LogP contribution in [0.3, 0.4) is 0 Å². The predicted octanol–water partition coefficient (Wildman–Crippen LogP) is 2.02. The van der Waals surface area contributed by atoms with Gasteiger partial charge in [-0.3, -0.25) is 4.68 Å². The highest BCUT2D eigenvalue weighted by Crippen LogP contribution is 2.34. The van der Waals surface area contributed by atoms with Gasteiger partial charge in [0.15, 0.2) is 11.6 Å². The van der Waals surface area contributed by atoms with Gasteiger partial charge in [0.05, 0.1) is 11.8 Å². The molecule has 2 N–H and O–H groups in total. The maximum Gasteiger partial charge on any atom is 0.187 e. The summed E-state index contributed by atoms with van der Waals surface area (Å²) < 4.78 is 8.49. The van der Waals surface area contributed by atoms with Gasteiger partial charge in [0.1, 0.15) is 8.17 Å². The fraction of sp³-hybridized carbons (Fsp3) is 0.143. The Kier molecular flexibility index (Phi) is 2.52. The van der Waals surface area contributed by atoms with E-state index in [0.29, 0.717) is 16.1 Å². The van der Waals surface area contributed by atoms with Crippen LogP contribution in [-0.4, -0.2) is 14.9 Å². The second-order valence-corrected chi connectivity index (χ2v) is 4.50. The molecule has 0 unspecified atom stereocenters. The minimum atomic E-state index is 0.347. The minimum Gasteiger partial charge on any atom is -0.380 e. The molecule has 0 radical (unpaired) electrons. The summed E-state index contributed by atoms with van der Waals surface area (Å²) in [7, 11) is 1.86. The van der Waals surface area contributed by atoms with E-state index in [-0.39, 0.29) is 0 Å². The first-order chi connectivity index (χ1) is 6.61. The first kappa shape index (κ1) is 9.97. The van der Waals surface area contributed by atoms with Gasteiger partial charge in [-0.1, -0.05) is 5.16 Å². The largest absolute Gasteiger partial charge is 0.380 e. The minimum absolute atomic E-state index is 0.347. The van der Waals surface area contributed by atoms with E-state index in [1.54, 1.807) is 10.9 Å². The van der Waals surface area contributed by atoms with Crippen LogP contribution in [-0.2, 0) is 7.05 Å². The molecule has 2 rings (SSSR count). The maximum absolute atomic E-state index is 5.55. The van der Waals surface area contributed by atoms with Gasteiger partial charge in [0.25, 0.3) is 0 Å². The standard InChI is InChI=1S/C7H6BrIN4O/c1-13-6(9)3(2-11-13)5-4(8)7(10)12-14-5/h2H,1H3,(H2,10,12). The zero-order chi connectivity index (χ0) is 10.3. The predicted molar refractivity (Wildman–Crippen MR) is 63.5 cm³/mol. The molecule has 0 amide bonds. The molecular formula is C7H6BrIN4O. The van der Waals surface area contributed by atoms with Gasteiger partial charge < -0.3 is 10.3 Å². The number of aromatic nitrogens is 3.